The van der Waals surface area contributed by atoms with Crippen molar-refractivity contribution >= 4 is 0 Å². The normalized spacial score (nSPS) is 12.5. The summed E-state index contributed by atoms with van der Waals surface area (Å²) in [7, 11) is 0. The van der Waals surface area contributed by atoms with Crippen molar-refractivity contribution in [2.75, 3.05) is 0 Å². The SMILES string of the molecule is C=C(C)CC/C=C(\C)CC/C=C(\C)CCC=C(C)C. The van der Waals surface area contributed by atoms with Gasteiger partial charge in [-0.25, -0.2) is 0 Å². The van der Waals surface area contributed by atoms with Crippen LogP contribution in [-0.4, -0.2) is 0 Å². The van der Waals surface area contributed by atoms with E-state index in [1.807, 2.05) is 0 Å². The number of hydrogen-bond donors (Lipinski definition) is 0. The van der Waals surface area contributed by atoms with Gasteiger partial charge in [0.15, 0.2) is 0 Å². The molecule has 0 aromatic rings. The fourth-order valence-corrected chi connectivity index (χ4v) is 1.90. The summed E-state index contributed by atoms with van der Waals surface area (Å²) >= 11 is 0. The zero-order chi connectivity index (χ0) is 14.7. The van der Waals surface area contributed by atoms with Gasteiger partial charge in [0, 0.05) is 0 Å². The van der Waals surface area contributed by atoms with Gasteiger partial charge in [-0.3, -0.25) is 0 Å². The third-order valence-corrected chi connectivity index (χ3v) is 3.19. The van der Waals surface area contributed by atoms with E-state index in [2.05, 4.69) is 59.4 Å². The Labute approximate surface area is 121 Å². The lowest BCUT2D eigenvalue weighted by atomic mass is 10.0. The van der Waals surface area contributed by atoms with Crippen LogP contribution < -0.4 is 0 Å². The molecule has 0 aliphatic rings. The minimum Gasteiger partial charge on any atom is -0.100 e. The molecule has 108 valence electrons. The lowest BCUT2D eigenvalue weighted by molar-refractivity contribution is 0.901. The van der Waals surface area contributed by atoms with E-state index in [9.17, 15) is 0 Å². The fourth-order valence-electron chi connectivity index (χ4n) is 1.90. The van der Waals surface area contributed by atoms with Gasteiger partial charge in [-0.2, -0.15) is 0 Å². The molecule has 0 atom stereocenters. The minimum absolute atomic E-state index is 1.12. The monoisotopic (exact) mass is 260 g/mol. The molecule has 0 nitrogen and oxygen atoms in total. The molecule has 0 saturated heterocycles. The lowest BCUT2D eigenvalue weighted by Gasteiger charge is -2.02. The first kappa shape index (κ1) is 18.0. The molecule has 0 spiro atoms. The Kier molecular flexibility index (Phi) is 10.2. The quantitative estimate of drug-likeness (QED) is 0.402. The molecule has 0 unspecified atom stereocenters. The molecule has 0 bridgehead atoms. The lowest BCUT2D eigenvalue weighted by Crippen LogP contribution is -1.81. The summed E-state index contributed by atoms with van der Waals surface area (Å²) < 4.78 is 0. The van der Waals surface area contributed by atoms with Crippen LogP contribution in [0.15, 0.2) is 47.1 Å². The third-order valence-electron chi connectivity index (χ3n) is 3.19. The maximum atomic E-state index is 3.93. The molecular formula is C19H32. The molecule has 0 fully saturated rings. The maximum Gasteiger partial charge on any atom is -0.0288 e. The van der Waals surface area contributed by atoms with Gasteiger partial charge in [-0.1, -0.05) is 40.5 Å². The van der Waals surface area contributed by atoms with E-state index >= 15 is 0 Å². The van der Waals surface area contributed by atoms with Crippen LogP contribution in [0.3, 0.4) is 0 Å². The van der Waals surface area contributed by atoms with Crippen molar-refractivity contribution in [1.82, 2.24) is 0 Å². The van der Waals surface area contributed by atoms with E-state index in [1.165, 1.54) is 48.0 Å². The second-order valence-corrected chi connectivity index (χ2v) is 5.96. The first-order chi connectivity index (χ1) is 8.91. The Hall–Kier alpha value is -1.04. The molecule has 0 aromatic carbocycles. The molecule has 0 aromatic heterocycles. The van der Waals surface area contributed by atoms with Gasteiger partial charge in [-0.15, -0.1) is 6.58 Å². The Balaban J connectivity index is 3.86. The molecule has 0 aliphatic heterocycles. The van der Waals surface area contributed by atoms with Crippen LogP contribution in [0, 0.1) is 0 Å². The molecule has 0 aliphatic carbocycles. The highest BCUT2D eigenvalue weighted by Crippen LogP contribution is 2.12. The molecule has 19 heavy (non-hydrogen) atoms. The molecule has 0 heterocycles. The summed E-state index contributed by atoms with van der Waals surface area (Å²) in [4.78, 5) is 0. The van der Waals surface area contributed by atoms with E-state index in [1.54, 1.807) is 0 Å². The number of hydrogen-bond acceptors (Lipinski definition) is 0. The van der Waals surface area contributed by atoms with E-state index in [4.69, 9.17) is 0 Å². The third kappa shape index (κ3) is 13.2. The van der Waals surface area contributed by atoms with Crippen LogP contribution in [0.2, 0.25) is 0 Å². The Morgan fingerprint density at radius 3 is 1.53 bits per heavy atom. The molecule has 0 heteroatoms. The zero-order valence-electron chi connectivity index (χ0n) is 13.7. The standard InChI is InChI=1S/C19H32/c1-16(2)10-7-12-18(5)14-9-15-19(6)13-8-11-17(3)4/h11-12,15H,1,7-10,13-14H2,2-6H3/b18-12+,19-15+. The van der Waals surface area contributed by atoms with Crippen molar-refractivity contribution in [3.63, 3.8) is 0 Å². The minimum atomic E-state index is 1.12. The van der Waals surface area contributed by atoms with Gasteiger partial charge in [0.1, 0.15) is 0 Å². The molecule has 0 amide bonds. The molecular weight excluding hydrogens is 228 g/mol. The average Bonchev–Trinajstić information content (AvgIpc) is 2.27. The van der Waals surface area contributed by atoms with Crippen LogP contribution in [0.4, 0.5) is 0 Å². The Bertz CT molecular complexity index is 346. The Morgan fingerprint density at radius 1 is 0.684 bits per heavy atom. The highest BCUT2D eigenvalue weighted by molar-refractivity contribution is 5.06. The summed E-state index contributed by atoms with van der Waals surface area (Å²) in [6, 6.07) is 0. The topological polar surface area (TPSA) is 0 Å². The predicted octanol–water partition coefficient (Wildman–Crippen LogP) is 6.76. The maximum absolute atomic E-state index is 3.93. The average molecular weight is 260 g/mol. The van der Waals surface area contributed by atoms with E-state index in [0.29, 0.717) is 0 Å². The zero-order valence-corrected chi connectivity index (χ0v) is 13.7. The van der Waals surface area contributed by atoms with Crippen molar-refractivity contribution < 1.29 is 0 Å². The van der Waals surface area contributed by atoms with Gasteiger partial charge in [0.25, 0.3) is 0 Å². The van der Waals surface area contributed by atoms with Crippen LogP contribution in [0.5, 0.6) is 0 Å². The summed E-state index contributed by atoms with van der Waals surface area (Å²) in [6.07, 6.45) is 14.1. The van der Waals surface area contributed by atoms with Crippen LogP contribution in [-0.2, 0) is 0 Å². The van der Waals surface area contributed by atoms with Crippen LogP contribution in [0.1, 0.15) is 73.1 Å². The second kappa shape index (κ2) is 10.8. The van der Waals surface area contributed by atoms with Gasteiger partial charge in [0.05, 0.1) is 0 Å². The summed E-state index contributed by atoms with van der Waals surface area (Å²) in [5.41, 5.74) is 5.73. The van der Waals surface area contributed by atoms with E-state index in [-0.39, 0.29) is 0 Å². The number of allylic oxidation sites excluding steroid dienone is 7. The number of rotatable bonds is 9. The van der Waals surface area contributed by atoms with Crippen molar-refractivity contribution in [2.24, 2.45) is 0 Å². The van der Waals surface area contributed by atoms with Crippen molar-refractivity contribution in [3.05, 3.63) is 47.1 Å². The van der Waals surface area contributed by atoms with E-state index in [0.717, 1.165) is 12.8 Å². The first-order valence-corrected chi connectivity index (χ1v) is 7.50. The summed E-state index contributed by atoms with van der Waals surface area (Å²) in [5, 5.41) is 0. The highest BCUT2D eigenvalue weighted by Gasteiger charge is 1.92. The van der Waals surface area contributed by atoms with Gasteiger partial charge < -0.3 is 0 Å². The Morgan fingerprint density at radius 2 is 1.11 bits per heavy atom. The smallest absolute Gasteiger partial charge is 0.0288 e. The van der Waals surface area contributed by atoms with Crippen LogP contribution >= 0.6 is 0 Å². The predicted molar refractivity (Wildman–Crippen MR) is 89.5 cm³/mol. The molecule has 0 saturated carbocycles. The molecule has 0 rings (SSSR count). The van der Waals surface area contributed by atoms with Crippen molar-refractivity contribution in [1.29, 1.82) is 0 Å². The van der Waals surface area contributed by atoms with Crippen LogP contribution in [0.25, 0.3) is 0 Å². The van der Waals surface area contributed by atoms with Gasteiger partial charge in [0.2, 0.25) is 0 Å². The van der Waals surface area contributed by atoms with Gasteiger partial charge >= 0.3 is 0 Å². The highest BCUT2D eigenvalue weighted by atomic mass is 14.0. The van der Waals surface area contributed by atoms with Crippen molar-refractivity contribution in [3.8, 4) is 0 Å². The summed E-state index contributed by atoms with van der Waals surface area (Å²) in [6.45, 7) is 14.9. The fraction of sp³-hybridized carbons (Fsp3) is 0.579. The molecule has 0 radical (unpaired) electrons. The summed E-state index contributed by atoms with van der Waals surface area (Å²) in [5.74, 6) is 0. The first-order valence-electron chi connectivity index (χ1n) is 7.50. The largest absolute Gasteiger partial charge is 0.100 e. The molecule has 0 N–H and O–H groups in total. The van der Waals surface area contributed by atoms with Gasteiger partial charge in [-0.05, 0) is 73.1 Å². The van der Waals surface area contributed by atoms with E-state index < -0.39 is 0 Å². The van der Waals surface area contributed by atoms with Crippen molar-refractivity contribution in [2.45, 2.75) is 73.1 Å². The second-order valence-electron chi connectivity index (χ2n) is 5.96.